The number of halogens is 2. The van der Waals surface area contributed by atoms with Gasteiger partial charge in [-0.3, -0.25) is 4.79 Å². The van der Waals surface area contributed by atoms with E-state index < -0.39 is 5.54 Å². The van der Waals surface area contributed by atoms with Gasteiger partial charge in [-0.1, -0.05) is 13.3 Å². The van der Waals surface area contributed by atoms with Crippen molar-refractivity contribution in [2.24, 2.45) is 5.73 Å². The minimum absolute atomic E-state index is 0. The van der Waals surface area contributed by atoms with Crippen LogP contribution in [-0.4, -0.2) is 54.0 Å². The molecule has 1 amide bonds. The first-order chi connectivity index (χ1) is 8.29. The SMILES string of the molecule is CCCC(C)(N)C(=O)N(C)C1CCN(C)C(C)C1.Cl.Cl. The summed E-state index contributed by atoms with van der Waals surface area (Å²) in [5.74, 6) is 0.0890. The number of rotatable bonds is 4. The molecule has 1 rings (SSSR count). The second-order valence-electron chi connectivity index (χ2n) is 6.09. The van der Waals surface area contributed by atoms with E-state index in [0.717, 1.165) is 32.2 Å². The van der Waals surface area contributed by atoms with Crippen LogP contribution in [0, 0.1) is 0 Å². The van der Waals surface area contributed by atoms with Gasteiger partial charge in [0.25, 0.3) is 0 Å². The Morgan fingerprint density at radius 1 is 1.45 bits per heavy atom. The van der Waals surface area contributed by atoms with Crippen LogP contribution in [0.2, 0.25) is 0 Å². The summed E-state index contributed by atoms with van der Waals surface area (Å²) >= 11 is 0. The first-order valence-corrected chi connectivity index (χ1v) is 7.06. The van der Waals surface area contributed by atoms with E-state index in [0.29, 0.717) is 12.1 Å². The number of piperidine rings is 1. The number of amides is 1. The molecule has 0 aliphatic carbocycles. The lowest BCUT2D eigenvalue weighted by Crippen LogP contribution is -2.57. The molecule has 3 atom stereocenters. The largest absolute Gasteiger partial charge is 0.341 e. The van der Waals surface area contributed by atoms with Gasteiger partial charge in [-0.05, 0) is 40.2 Å². The number of carbonyl (C=O) groups excluding carboxylic acids is 1. The zero-order valence-electron chi connectivity index (χ0n) is 13.4. The minimum Gasteiger partial charge on any atom is -0.341 e. The average Bonchev–Trinajstić information content (AvgIpc) is 2.30. The van der Waals surface area contributed by atoms with Crippen LogP contribution in [-0.2, 0) is 4.79 Å². The number of nitrogens with zero attached hydrogens (tertiary/aromatic N) is 2. The molecule has 122 valence electrons. The van der Waals surface area contributed by atoms with Gasteiger partial charge in [-0.25, -0.2) is 0 Å². The van der Waals surface area contributed by atoms with Crippen LogP contribution in [0.25, 0.3) is 0 Å². The molecule has 6 heteroatoms. The number of nitrogens with two attached hydrogens (primary N) is 1. The molecule has 1 saturated heterocycles. The minimum atomic E-state index is -0.712. The Hall–Kier alpha value is -0.0300. The van der Waals surface area contributed by atoms with Crippen molar-refractivity contribution in [2.75, 3.05) is 20.6 Å². The van der Waals surface area contributed by atoms with Gasteiger partial charge in [-0.2, -0.15) is 0 Å². The van der Waals surface area contributed by atoms with Gasteiger partial charge in [0.15, 0.2) is 0 Å². The van der Waals surface area contributed by atoms with Crippen molar-refractivity contribution in [1.29, 1.82) is 0 Å². The second kappa shape index (κ2) is 9.08. The van der Waals surface area contributed by atoms with E-state index in [1.165, 1.54) is 0 Å². The van der Waals surface area contributed by atoms with Crippen molar-refractivity contribution in [3.8, 4) is 0 Å². The fourth-order valence-corrected chi connectivity index (χ4v) is 2.81. The highest BCUT2D eigenvalue weighted by molar-refractivity contribution is 5.86. The predicted octanol–water partition coefficient (Wildman–Crippen LogP) is 2.29. The molecule has 0 radical (unpaired) electrons. The fourth-order valence-electron chi connectivity index (χ4n) is 2.81. The summed E-state index contributed by atoms with van der Waals surface area (Å²) in [7, 11) is 4.05. The topological polar surface area (TPSA) is 49.6 Å². The van der Waals surface area contributed by atoms with Crippen molar-refractivity contribution in [1.82, 2.24) is 9.80 Å². The van der Waals surface area contributed by atoms with Gasteiger partial charge >= 0.3 is 0 Å². The third-order valence-corrected chi connectivity index (χ3v) is 4.31. The molecule has 1 aliphatic rings. The first kappa shape index (κ1) is 22.3. The van der Waals surface area contributed by atoms with E-state index in [2.05, 4.69) is 25.8 Å². The van der Waals surface area contributed by atoms with Crippen LogP contribution >= 0.6 is 24.8 Å². The van der Waals surface area contributed by atoms with Crippen LogP contribution in [0.4, 0.5) is 0 Å². The molecule has 0 aromatic heterocycles. The lowest BCUT2D eigenvalue weighted by atomic mass is 9.92. The molecule has 0 bridgehead atoms. The van der Waals surface area contributed by atoms with Crippen molar-refractivity contribution >= 4 is 30.7 Å². The zero-order chi connectivity index (χ0) is 13.9. The van der Waals surface area contributed by atoms with Gasteiger partial charge < -0.3 is 15.5 Å². The lowest BCUT2D eigenvalue weighted by molar-refractivity contribution is -0.138. The molecule has 3 unspecified atom stereocenters. The van der Waals surface area contributed by atoms with E-state index >= 15 is 0 Å². The molecule has 4 nitrogen and oxygen atoms in total. The third kappa shape index (κ3) is 5.40. The van der Waals surface area contributed by atoms with Gasteiger partial charge in [-0.15, -0.1) is 24.8 Å². The number of likely N-dealkylation sites (tertiary alicyclic amines) is 1. The van der Waals surface area contributed by atoms with Crippen molar-refractivity contribution in [2.45, 2.75) is 64.1 Å². The highest BCUT2D eigenvalue weighted by atomic mass is 35.5. The monoisotopic (exact) mass is 327 g/mol. The third-order valence-electron chi connectivity index (χ3n) is 4.31. The molecule has 2 N–H and O–H groups in total. The quantitative estimate of drug-likeness (QED) is 0.861. The maximum Gasteiger partial charge on any atom is 0.242 e. The summed E-state index contributed by atoms with van der Waals surface area (Å²) in [4.78, 5) is 16.7. The van der Waals surface area contributed by atoms with Gasteiger partial charge in [0.2, 0.25) is 5.91 Å². The highest BCUT2D eigenvalue weighted by Gasteiger charge is 2.35. The number of carbonyl (C=O) groups is 1. The van der Waals surface area contributed by atoms with E-state index in [-0.39, 0.29) is 30.7 Å². The molecule has 0 saturated carbocycles. The summed E-state index contributed by atoms with van der Waals surface area (Å²) in [5, 5.41) is 0. The summed E-state index contributed by atoms with van der Waals surface area (Å²) in [5.41, 5.74) is 5.43. The lowest BCUT2D eigenvalue weighted by Gasteiger charge is -2.41. The fraction of sp³-hybridized carbons (Fsp3) is 0.929. The maximum absolute atomic E-state index is 12.4. The zero-order valence-corrected chi connectivity index (χ0v) is 15.0. The molecule has 20 heavy (non-hydrogen) atoms. The standard InChI is InChI=1S/C14H29N3O.2ClH/c1-6-8-14(3,15)13(18)17(5)12-7-9-16(4)11(2)10-12;;/h11-12H,6-10,15H2,1-5H3;2*1H. The molecule has 1 heterocycles. The van der Waals surface area contributed by atoms with Crippen LogP contribution < -0.4 is 5.73 Å². The summed E-state index contributed by atoms with van der Waals surface area (Å²) < 4.78 is 0. The molecular weight excluding hydrogens is 297 g/mol. The first-order valence-electron chi connectivity index (χ1n) is 7.06. The van der Waals surface area contributed by atoms with E-state index in [1.807, 2.05) is 18.9 Å². The van der Waals surface area contributed by atoms with Crippen molar-refractivity contribution < 1.29 is 4.79 Å². The van der Waals surface area contributed by atoms with E-state index in [9.17, 15) is 4.79 Å². The van der Waals surface area contributed by atoms with Gasteiger partial charge in [0, 0.05) is 25.7 Å². The Morgan fingerprint density at radius 3 is 2.45 bits per heavy atom. The molecule has 1 aliphatic heterocycles. The summed E-state index contributed by atoms with van der Waals surface area (Å²) in [6.45, 7) is 7.19. The Balaban J connectivity index is 0. The number of hydrogen-bond donors (Lipinski definition) is 1. The number of likely N-dealkylation sites (N-methyl/N-ethyl adjacent to an activating group) is 1. The molecular formula is C14H31Cl2N3O. The second-order valence-corrected chi connectivity index (χ2v) is 6.09. The molecule has 1 fully saturated rings. The van der Waals surface area contributed by atoms with Gasteiger partial charge in [0.05, 0.1) is 5.54 Å². The summed E-state index contributed by atoms with van der Waals surface area (Å²) in [6, 6.07) is 0.873. The van der Waals surface area contributed by atoms with Crippen LogP contribution in [0.15, 0.2) is 0 Å². The van der Waals surface area contributed by atoms with Crippen LogP contribution in [0.5, 0.6) is 0 Å². The van der Waals surface area contributed by atoms with Crippen LogP contribution in [0.3, 0.4) is 0 Å². The van der Waals surface area contributed by atoms with Crippen molar-refractivity contribution in [3.63, 3.8) is 0 Å². The molecule has 0 aromatic carbocycles. The smallest absolute Gasteiger partial charge is 0.242 e. The van der Waals surface area contributed by atoms with E-state index in [4.69, 9.17) is 5.73 Å². The highest BCUT2D eigenvalue weighted by Crippen LogP contribution is 2.22. The maximum atomic E-state index is 12.4. The summed E-state index contributed by atoms with van der Waals surface area (Å²) in [6.07, 6.45) is 3.78. The normalized spacial score (nSPS) is 25.9. The van der Waals surface area contributed by atoms with E-state index in [1.54, 1.807) is 0 Å². The Kier molecular flexibility index (Phi) is 10.1. The predicted molar refractivity (Wildman–Crippen MR) is 89.9 cm³/mol. The van der Waals surface area contributed by atoms with Gasteiger partial charge in [0.1, 0.15) is 0 Å². The number of hydrogen-bond acceptors (Lipinski definition) is 3. The van der Waals surface area contributed by atoms with Crippen LogP contribution in [0.1, 0.15) is 46.5 Å². The molecule has 0 spiro atoms. The average molecular weight is 328 g/mol. The Bertz CT molecular complexity index is 300. The Labute approximate surface area is 136 Å². The Morgan fingerprint density at radius 2 is 2.00 bits per heavy atom. The molecule has 0 aromatic rings. The van der Waals surface area contributed by atoms with Crippen molar-refractivity contribution in [3.05, 3.63) is 0 Å².